The van der Waals surface area contributed by atoms with Crippen molar-refractivity contribution in [2.75, 3.05) is 20.8 Å². The number of amides is 2. The summed E-state index contributed by atoms with van der Waals surface area (Å²) in [4.78, 5) is 13.3. The number of hydrogen-bond acceptors (Lipinski definition) is 4. The fraction of sp³-hybridized carbons (Fsp3) is 0.353. The Morgan fingerprint density at radius 1 is 1.26 bits per heavy atom. The van der Waals surface area contributed by atoms with Crippen LogP contribution in [0.1, 0.15) is 23.4 Å². The van der Waals surface area contributed by atoms with E-state index in [2.05, 4.69) is 16.7 Å². The monoisotopic (exact) mass is 334 g/mol. The van der Waals surface area contributed by atoms with Crippen LogP contribution in [0.15, 0.2) is 35.7 Å². The van der Waals surface area contributed by atoms with Gasteiger partial charge in [0.1, 0.15) is 11.5 Å². The van der Waals surface area contributed by atoms with E-state index in [1.54, 1.807) is 25.6 Å². The van der Waals surface area contributed by atoms with E-state index in [-0.39, 0.29) is 12.1 Å². The average Bonchev–Trinajstić information content (AvgIpc) is 3.07. The van der Waals surface area contributed by atoms with Gasteiger partial charge in [-0.1, -0.05) is 6.07 Å². The average molecular weight is 334 g/mol. The second kappa shape index (κ2) is 8.43. The van der Waals surface area contributed by atoms with Gasteiger partial charge >= 0.3 is 6.03 Å². The number of benzene rings is 1. The minimum absolute atomic E-state index is 0.193. The van der Waals surface area contributed by atoms with Gasteiger partial charge in [0.05, 0.1) is 20.3 Å². The predicted molar refractivity (Wildman–Crippen MR) is 92.5 cm³/mol. The third-order valence-electron chi connectivity index (χ3n) is 3.49. The number of carbonyl (C=O) groups is 1. The van der Waals surface area contributed by atoms with Crippen molar-refractivity contribution in [3.8, 4) is 11.5 Å². The molecule has 0 bridgehead atoms. The lowest BCUT2D eigenvalue weighted by Gasteiger charge is -2.18. The Labute approximate surface area is 140 Å². The van der Waals surface area contributed by atoms with E-state index in [1.807, 2.05) is 36.6 Å². The minimum Gasteiger partial charge on any atom is -0.497 e. The molecular formula is C17H22N2O3S. The molecule has 0 aliphatic carbocycles. The van der Waals surface area contributed by atoms with E-state index in [1.165, 1.54) is 4.88 Å². The summed E-state index contributed by atoms with van der Waals surface area (Å²) in [5.74, 6) is 1.45. The molecule has 0 aliphatic heterocycles. The molecule has 1 atom stereocenters. The van der Waals surface area contributed by atoms with E-state index in [9.17, 15) is 4.79 Å². The van der Waals surface area contributed by atoms with Crippen molar-refractivity contribution >= 4 is 17.4 Å². The maximum atomic E-state index is 12.0. The zero-order chi connectivity index (χ0) is 16.7. The first-order valence-electron chi connectivity index (χ1n) is 7.42. The van der Waals surface area contributed by atoms with Crippen molar-refractivity contribution in [3.05, 3.63) is 46.2 Å². The molecule has 2 amide bonds. The molecule has 0 spiro atoms. The zero-order valence-electron chi connectivity index (χ0n) is 13.6. The Morgan fingerprint density at radius 3 is 2.74 bits per heavy atom. The Kier molecular flexibility index (Phi) is 6.29. The summed E-state index contributed by atoms with van der Waals surface area (Å²) >= 11 is 1.69. The van der Waals surface area contributed by atoms with E-state index in [0.717, 1.165) is 23.5 Å². The molecule has 1 aromatic heterocycles. The summed E-state index contributed by atoms with van der Waals surface area (Å²) in [6, 6.07) is 9.22. The van der Waals surface area contributed by atoms with Crippen LogP contribution in [-0.2, 0) is 6.42 Å². The largest absolute Gasteiger partial charge is 0.497 e. The first-order chi connectivity index (χ1) is 11.1. The van der Waals surface area contributed by atoms with Crippen LogP contribution in [0.3, 0.4) is 0 Å². The Hall–Kier alpha value is -2.21. The van der Waals surface area contributed by atoms with Gasteiger partial charge in [-0.05, 0) is 43.0 Å². The van der Waals surface area contributed by atoms with E-state index in [0.29, 0.717) is 6.54 Å². The zero-order valence-corrected chi connectivity index (χ0v) is 14.4. The molecule has 5 nitrogen and oxygen atoms in total. The highest BCUT2D eigenvalue weighted by Gasteiger charge is 2.15. The molecule has 23 heavy (non-hydrogen) atoms. The van der Waals surface area contributed by atoms with Gasteiger partial charge in [0.25, 0.3) is 0 Å². The molecule has 2 rings (SSSR count). The highest BCUT2D eigenvalue weighted by Crippen LogP contribution is 2.29. The molecule has 6 heteroatoms. The van der Waals surface area contributed by atoms with Gasteiger partial charge in [-0.3, -0.25) is 0 Å². The summed E-state index contributed by atoms with van der Waals surface area (Å²) in [5, 5.41) is 7.83. The molecule has 1 heterocycles. The molecule has 0 radical (unpaired) electrons. The van der Waals surface area contributed by atoms with Crippen LogP contribution in [0.5, 0.6) is 11.5 Å². The van der Waals surface area contributed by atoms with Gasteiger partial charge < -0.3 is 20.1 Å². The maximum Gasteiger partial charge on any atom is 0.315 e. The molecule has 124 valence electrons. The van der Waals surface area contributed by atoms with E-state index < -0.39 is 0 Å². The molecule has 2 aromatic rings. The quantitative estimate of drug-likeness (QED) is 0.816. The highest BCUT2D eigenvalue weighted by atomic mass is 32.1. The Balaban J connectivity index is 1.90. The second-order valence-corrected chi connectivity index (χ2v) is 6.09. The van der Waals surface area contributed by atoms with Crippen LogP contribution in [0.25, 0.3) is 0 Å². The number of ether oxygens (including phenoxy) is 2. The van der Waals surface area contributed by atoms with Gasteiger partial charge in [-0.2, -0.15) is 0 Å². The van der Waals surface area contributed by atoms with Crippen molar-refractivity contribution < 1.29 is 14.3 Å². The minimum atomic E-state index is -0.195. The van der Waals surface area contributed by atoms with Crippen molar-refractivity contribution in [3.63, 3.8) is 0 Å². The van der Waals surface area contributed by atoms with E-state index in [4.69, 9.17) is 9.47 Å². The molecule has 1 unspecified atom stereocenters. The van der Waals surface area contributed by atoms with Gasteiger partial charge in [0.15, 0.2) is 0 Å². The number of hydrogen-bond donors (Lipinski definition) is 2. The maximum absolute atomic E-state index is 12.0. The number of thiophene rings is 1. The van der Waals surface area contributed by atoms with Crippen molar-refractivity contribution in [1.29, 1.82) is 0 Å². The number of rotatable bonds is 7. The third-order valence-corrected chi connectivity index (χ3v) is 4.42. The van der Waals surface area contributed by atoms with Gasteiger partial charge in [-0.15, -0.1) is 11.3 Å². The lowest BCUT2D eigenvalue weighted by atomic mass is 10.1. The first-order valence-corrected chi connectivity index (χ1v) is 8.30. The Bertz CT molecular complexity index is 629. The fourth-order valence-corrected chi connectivity index (χ4v) is 2.97. The second-order valence-electron chi connectivity index (χ2n) is 5.06. The molecule has 0 aliphatic rings. The number of carbonyl (C=O) groups excluding carboxylic acids is 1. The van der Waals surface area contributed by atoms with E-state index >= 15 is 0 Å². The first kappa shape index (κ1) is 17.1. The summed E-state index contributed by atoms with van der Waals surface area (Å²) < 4.78 is 10.6. The van der Waals surface area contributed by atoms with Gasteiger partial charge in [-0.25, -0.2) is 4.79 Å². The molecule has 0 saturated carbocycles. The topological polar surface area (TPSA) is 59.6 Å². The lowest BCUT2D eigenvalue weighted by molar-refractivity contribution is 0.238. The van der Waals surface area contributed by atoms with Gasteiger partial charge in [0, 0.05) is 17.0 Å². The van der Waals surface area contributed by atoms with Crippen molar-refractivity contribution in [2.45, 2.75) is 19.4 Å². The third kappa shape index (κ3) is 4.89. The van der Waals surface area contributed by atoms with Crippen LogP contribution in [0.2, 0.25) is 0 Å². The summed E-state index contributed by atoms with van der Waals surface area (Å²) in [6.45, 7) is 2.52. The number of nitrogens with one attached hydrogen (secondary N) is 2. The van der Waals surface area contributed by atoms with Crippen molar-refractivity contribution in [1.82, 2.24) is 10.6 Å². The van der Waals surface area contributed by atoms with Crippen LogP contribution in [0, 0.1) is 0 Å². The molecule has 0 saturated heterocycles. The SMILES string of the molecule is COc1ccc(OC)c(C(C)NC(=O)NCCc2cccs2)c1. The molecule has 0 fully saturated rings. The Morgan fingerprint density at radius 2 is 2.09 bits per heavy atom. The predicted octanol–water partition coefficient (Wildman–Crippen LogP) is 3.37. The smallest absolute Gasteiger partial charge is 0.315 e. The number of methoxy groups -OCH3 is 2. The van der Waals surface area contributed by atoms with Crippen molar-refractivity contribution in [2.24, 2.45) is 0 Å². The van der Waals surface area contributed by atoms with Crippen LogP contribution in [0.4, 0.5) is 4.79 Å². The molecule has 1 aromatic carbocycles. The molecular weight excluding hydrogens is 312 g/mol. The lowest BCUT2D eigenvalue weighted by Crippen LogP contribution is -2.38. The normalized spacial score (nSPS) is 11.6. The highest BCUT2D eigenvalue weighted by molar-refractivity contribution is 7.09. The number of urea groups is 1. The standard InChI is InChI=1S/C17H22N2O3S/c1-12(15-11-13(21-2)6-7-16(15)22-3)19-17(20)18-9-8-14-5-4-10-23-14/h4-7,10-12H,8-9H2,1-3H3,(H2,18,19,20). The van der Waals surface area contributed by atoms with Crippen LogP contribution >= 0.6 is 11.3 Å². The molecule has 2 N–H and O–H groups in total. The fourth-order valence-electron chi connectivity index (χ4n) is 2.26. The summed E-state index contributed by atoms with van der Waals surface area (Å²) in [7, 11) is 3.22. The summed E-state index contributed by atoms with van der Waals surface area (Å²) in [5.41, 5.74) is 0.875. The van der Waals surface area contributed by atoms with Crippen LogP contribution in [-0.4, -0.2) is 26.8 Å². The van der Waals surface area contributed by atoms with Crippen LogP contribution < -0.4 is 20.1 Å². The summed E-state index contributed by atoms with van der Waals surface area (Å²) in [6.07, 6.45) is 0.835. The van der Waals surface area contributed by atoms with Gasteiger partial charge in [0.2, 0.25) is 0 Å².